The maximum Gasteiger partial charge on any atom is 0.377 e. The summed E-state index contributed by atoms with van der Waals surface area (Å²) >= 11 is 0. The Labute approximate surface area is 96.2 Å². The highest BCUT2D eigenvalue weighted by Gasteiger charge is 2.50. The highest BCUT2D eigenvalue weighted by atomic mass is 19.3. The molecule has 0 bridgehead atoms. The number of cyclic esters (lactones) is 1. The van der Waals surface area contributed by atoms with Crippen LogP contribution in [0.15, 0.2) is 18.6 Å². The van der Waals surface area contributed by atoms with Crippen molar-refractivity contribution in [3.05, 3.63) is 24.3 Å². The zero-order chi connectivity index (χ0) is 12.3. The predicted molar refractivity (Wildman–Crippen MR) is 53.2 cm³/mol. The van der Waals surface area contributed by atoms with Crippen molar-refractivity contribution in [2.45, 2.75) is 25.0 Å². The Morgan fingerprint density at radius 3 is 3.00 bits per heavy atom. The highest BCUT2D eigenvalue weighted by Crippen LogP contribution is 2.30. The first-order valence-corrected chi connectivity index (χ1v) is 5.12. The van der Waals surface area contributed by atoms with Crippen LogP contribution in [0.2, 0.25) is 0 Å². The average Bonchev–Trinajstić information content (AvgIpc) is 2.54. The van der Waals surface area contributed by atoms with Gasteiger partial charge < -0.3 is 10.1 Å². The van der Waals surface area contributed by atoms with Crippen molar-refractivity contribution in [3.63, 3.8) is 0 Å². The molecule has 2 heterocycles. The SMILES string of the molecule is O=C1OC(CNCc2ccncn2)CC1(F)F. The van der Waals surface area contributed by atoms with E-state index in [1.165, 1.54) is 6.33 Å². The van der Waals surface area contributed by atoms with E-state index >= 15 is 0 Å². The highest BCUT2D eigenvalue weighted by molar-refractivity contribution is 5.79. The standard InChI is InChI=1S/C10H11F2N3O2/c11-10(12)3-8(17-9(10)16)5-14-4-7-1-2-13-6-15-7/h1-2,6,8,14H,3-5H2. The number of halogens is 2. The number of carbonyl (C=O) groups excluding carboxylic acids is 1. The molecule has 0 saturated carbocycles. The number of hydrogen-bond acceptors (Lipinski definition) is 5. The first-order valence-electron chi connectivity index (χ1n) is 5.12. The average molecular weight is 243 g/mol. The molecule has 1 N–H and O–H groups in total. The maximum atomic E-state index is 12.8. The lowest BCUT2D eigenvalue weighted by Crippen LogP contribution is -2.27. The van der Waals surface area contributed by atoms with Gasteiger partial charge in [0.2, 0.25) is 0 Å². The van der Waals surface area contributed by atoms with E-state index in [-0.39, 0.29) is 6.54 Å². The molecule has 1 saturated heterocycles. The van der Waals surface area contributed by atoms with Crippen LogP contribution in [0, 0.1) is 0 Å². The Hall–Kier alpha value is -1.63. The molecule has 1 aliphatic rings. The number of aromatic nitrogens is 2. The Kier molecular flexibility index (Phi) is 3.28. The normalized spacial score (nSPS) is 22.5. The lowest BCUT2D eigenvalue weighted by Gasteiger charge is -2.09. The van der Waals surface area contributed by atoms with Crippen LogP contribution in [-0.4, -0.2) is 34.5 Å². The summed E-state index contributed by atoms with van der Waals surface area (Å²) in [5.41, 5.74) is 0.746. The molecule has 1 aromatic heterocycles. The van der Waals surface area contributed by atoms with E-state index in [1.807, 2.05) is 0 Å². The van der Waals surface area contributed by atoms with E-state index in [2.05, 4.69) is 20.0 Å². The number of esters is 1. The fourth-order valence-electron chi connectivity index (χ4n) is 1.55. The molecule has 17 heavy (non-hydrogen) atoms. The minimum Gasteiger partial charge on any atom is -0.456 e. The molecule has 5 nitrogen and oxygen atoms in total. The summed E-state index contributed by atoms with van der Waals surface area (Å²) in [5.74, 6) is -4.78. The molecule has 1 atom stereocenters. The monoisotopic (exact) mass is 243 g/mol. The first-order chi connectivity index (χ1) is 8.08. The van der Waals surface area contributed by atoms with Gasteiger partial charge in [-0.05, 0) is 6.07 Å². The molecule has 2 rings (SSSR count). The predicted octanol–water partition coefficient (Wildman–Crippen LogP) is 0.517. The Balaban J connectivity index is 1.76. The fourth-order valence-corrected chi connectivity index (χ4v) is 1.55. The van der Waals surface area contributed by atoms with Crippen LogP contribution in [0.5, 0.6) is 0 Å². The molecule has 1 aliphatic heterocycles. The molecule has 1 fully saturated rings. The number of nitrogens with one attached hydrogen (secondary N) is 1. The largest absolute Gasteiger partial charge is 0.456 e. The van der Waals surface area contributed by atoms with Crippen molar-refractivity contribution >= 4 is 5.97 Å². The van der Waals surface area contributed by atoms with Crippen LogP contribution < -0.4 is 5.32 Å². The van der Waals surface area contributed by atoms with Gasteiger partial charge in [-0.25, -0.2) is 14.8 Å². The summed E-state index contributed by atoms with van der Waals surface area (Å²) in [5, 5.41) is 2.90. The van der Waals surface area contributed by atoms with E-state index in [0.29, 0.717) is 6.54 Å². The van der Waals surface area contributed by atoms with Crippen molar-refractivity contribution in [2.24, 2.45) is 0 Å². The third-order valence-corrected chi connectivity index (χ3v) is 2.38. The van der Waals surface area contributed by atoms with E-state index < -0.39 is 24.4 Å². The van der Waals surface area contributed by atoms with Gasteiger partial charge in [0.05, 0.1) is 12.1 Å². The van der Waals surface area contributed by atoms with E-state index in [1.54, 1.807) is 12.3 Å². The van der Waals surface area contributed by atoms with Gasteiger partial charge in [0.25, 0.3) is 0 Å². The first kappa shape index (κ1) is 11.8. The third-order valence-electron chi connectivity index (χ3n) is 2.38. The Morgan fingerprint density at radius 1 is 1.59 bits per heavy atom. The molecule has 0 radical (unpaired) electrons. The van der Waals surface area contributed by atoms with Crippen LogP contribution in [0.4, 0.5) is 8.78 Å². The number of carbonyl (C=O) groups is 1. The smallest absolute Gasteiger partial charge is 0.377 e. The second-order valence-corrected chi connectivity index (χ2v) is 3.77. The second-order valence-electron chi connectivity index (χ2n) is 3.77. The van der Waals surface area contributed by atoms with Crippen LogP contribution >= 0.6 is 0 Å². The topological polar surface area (TPSA) is 64.1 Å². The fraction of sp³-hybridized carbons (Fsp3) is 0.500. The van der Waals surface area contributed by atoms with Crippen LogP contribution in [-0.2, 0) is 16.1 Å². The van der Waals surface area contributed by atoms with Crippen molar-refractivity contribution in [2.75, 3.05) is 6.54 Å². The Morgan fingerprint density at radius 2 is 2.41 bits per heavy atom. The second kappa shape index (κ2) is 4.70. The quantitative estimate of drug-likeness (QED) is 0.781. The van der Waals surface area contributed by atoms with Gasteiger partial charge in [-0.2, -0.15) is 8.78 Å². The molecule has 0 aromatic carbocycles. The molecular weight excluding hydrogens is 232 g/mol. The van der Waals surface area contributed by atoms with Gasteiger partial charge in [0.1, 0.15) is 12.4 Å². The maximum absolute atomic E-state index is 12.8. The molecule has 1 aromatic rings. The molecule has 7 heteroatoms. The minimum atomic E-state index is -3.35. The molecule has 92 valence electrons. The molecule has 0 amide bonds. The van der Waals surface area contributed by atoms with Crippen molar-refractivity contribution in [1.29, 1.82) is 0 Å². The van der Waals surface area contributed by atoms with Gasteiger partial charge in [0.15, 0.2) is 0 Å². The summed E-state index contributed by atoms with van der Waals surface area (Å²) in [7, 11) is 0. The molecular formula is C10H11F2N3O2. The van der Waals surface area contributed by atoms with Crippen LogP contribution in [0.3, 0.4) is 0 Å². The number of ether oxygens (including phenoxy) is 1. The van der Waals surface area contributed by atoms with Crippen molar-refractivity contribution < 1.29 is 18.3 Å². The number of nitrogens with zero attached hydrogens (tertiary/aromatic N) is 2. The van der Waals surface area contributed by atoms with E-state index in [0.717, 1.165) is 5.69 Å². The van der Waals surface area contributed by atoms with Gasteiger partial charge in [0, 0.05) is 19.3 Å². The lowest BCUT2D eigenvalue weighted by molar-refractivity contribution is -0.159. The minimum absolute atomic E-state index is 0.186. The van der Waals surface area contributed by atoms with E-state index in [4.69, 9.17) is 0 Å². The molecule has 0 spiro atoms. The molecule has 1 unspecified atom stereocenters. The van der Waals surface area contributed by atoms with Crippen LogP contribution in [0.25, 0.3) is 0 Å². The number of alkyl halides is 2. The molecule has 0 aliphatic carbocycles. The van der Waals surface area contributed by atoms with E-state index in [9.17, 15) is 13.6 Å². The van der Waals surface area contributed by atoms with Gasteiger partial charge in [-0.3, -0.25) is 0 Å². The summed E-state index contributed by atoms with van der Waals surface area (Å²) in [4.78, 5) is 18.4. The van der Waals surface area contributed by atoms with Gasteiger partial charge >= 0.3 is 11.9 Å². The Bertz CT molecular complexity index is 400. The van der Waals surface area contributed by atoms with Gasteiger partial charge in [-0.1, -0.05) is 0 Å². The summed E-state index contributed by atoms with van der Waals surface area (Å²) < 4.78 is 30.2. The lowest BCUT2D eigenvalue weighted by atomic mass is 10.2. The van der Waals surface area contributed by atoms with Crippen molar-refractivity contribution in [3.8, 4) is 0 Å². The van der Waals surface area contributed by atoms with Crippen LogP contribution in [0.1, 0.15) is 12.1 Å². The summed E-state index contributed by atoms with van der Waals surface area (Å²) in [6.07, 6.45) is 1.65. The van der Waals surface area contributed by atoms with Crippen molar-refractivity contribution in [1.82, 2.24) is 15.3 Å². The zero-order valence-electron chi connectivity index (χ0n) is 8.90. The number of hydrogen-bond donors (Lipinski definition) is 1. The zero-order valence-corrected chi connectivity index (χ0v) is 8.90. The van der Waals surface area contributed by atoms with Gasteiger partial charge in [-0.15, -0.1) is 0 Å². The third kappa shape index (κ3) is 2.94. The number of rotatable bonds is 4. The summed E-state index contributed by atoms with van der Waals surface area (Å²) in [6.45, 7) is 0.605. The summed E-state index contributed by atoms with van der Waals surface area (Å²) in [6, 6.07) is 1.71.